The van der Waals surface area contributed by atoms with Crippen molar-refractivity contribution in [2.45, 2.75) is 18.3 Å². The molecule has 7 nitrogen and oxygen atoms in total. The largest absolute Gasteiger partial charge is 0.425 e. The molecule has 0 spiro atoms. The highest BCUT2D eigenvalue weighted by Crippen LogP contribution is 2.47. The quantitative estimate of drug-likeness (QED) is 0.245. The number of halogens is 3. The Bertz CT molecular complexity index is 1130. The van der Waals surface area contributed by atoms with Crippen molar-refractivity contribution in [3.8, 4) is 0 Å². The molecule has 1 atom stereocenters. The summed E-state index contributed by atoms with van der Waals surface area (Å²) in [4.78, 5) is 11.4. The van der Waals surface area contributed by atoms with Crippen LogP contribution in [0.5, 0.6) is 0 Å². The average molecular weight is 435 g/mol. The lowest BCUT2D eigenvalue weighted by molar-refractivity contribution is -0.609. The zero-order chi connectivity index (χ0) is 22.8. The third-order valence-electron chi connectivity index (χ3n) is 5.04. The molecule has 0 aliphatic heterocycles. The molecule has 0 aliphatic carbocycles. The summed E-state index contributed by atoms with van der Waals surface area (Å²) in [6, 6.07) is 9.84. The van der Waals surface area contributed by atoms with Crippen LogP contribution in [0.2, 0.25) is 0 Å². The summed E-state index contributed by atoms with van der Waals surface area (Å²) in [5.74, 6) is -0.730. The van der Waals surface area contributed by atoms with Gasteiger partial charge in [0, 0.05) is 42.1 Å². The Balaban J connectivity index is 2.26. The molecular formula is C21H22F3N4O3+. The van der Waals surface area contributed by atoms with Crippen molar-refractivity contribution in [1.29, 1.82) is 5.41 Å². The van der Waals surface area contributed by atoms with E-state index in [9.17, 15) is 23.1 Å². The molecule has 0 saturated carbocycles. The SMILES string of the molecule is COC[NH2+]c1ccc(C(O)(c2cn(CC(N)=O)c3ccccc23)C(F)(F)F)cc1C=N. The summed E-state index contributed by atoms with van der Waals surface area (Å²) >= 11 is 0. The zero-order valence-electron chi connectivity index (χ0n) is 16.6. The number of nitrogens with two attached hydrogens (primary N) is 2. The first-order valence-electron chi connectivity index (χ1n) is 9.26. The molecule has 164 valence electrons. The van der Waals surface area contributed by atoms with E-state index in [0.29, 0.717) is 11.2 Å². The van der Waals surface area contributed by atoms with Gasteiger partial charge < -0.3 is 25.6 Å². The zero-order valence-corrected chi connectivity index (χ0v) is 16.6. The molecule has 6 N–H and O–H groups in total. The van der Waals surface area contributed by atoms with Crippen molar-refractivity contribution < 1.29 is 33.1 Å². The second kappa shape index (κ2) is 8.50. The molecule has 1 amide bonds. The van der Waals surface area contributed by atoms with Gasteiger partial charge in [-0.3, -0.25) is 10.1 Å². The molecule has 31 heavy (non-hydrogen) atoms. The number of ether oxygens (including phenoxy) is 1. The van der Waals surface area contributed by atoms with Crippen molar-refractivity contribution in [2.75, 3.05) is 13.8 Å². The Morgan fingerprint density at radius 3 is 2.61 bits per heavy atom. The summed E-state index contributed by atoms with van der Waals surface area (Å²) in [7, 11) is 1.47. The minimum atomic E-state index is -5.09. The first kappa shape index (κ1) is 22.5. The smallest absolute Gasteiger partial charge is 0.372 e. The van der Waals surface area contributed by atoms with E-state index in [0.717, 1.165) is 18.5 Å². The molecule has 0 bridgehead atoms. The van der Waals surface area contributed by atoms with Crippen LogP contribution in [0.25, 0.3) is 10.9 Å². The second-order valence-corrected chi connectivity index (χ2v) is 7.01. The van der Waals surface area contributed by atoms with Gasteiger partial charge in [0.25, 0.3) is 0 Å². The highest BCUT2D eigenvalue weighted by atomic mass is 19.4. The lowest BCUT2D eigenvalue weighted by atomic mass is 9.84. The molecule has 10 heteroatoms. The van der Waals surface area contributed by atoms with Gasteiger partial charge in [-0.2, -0.15) is 13.2 Å². The number of nitrogens with zero attached hydrogens (tertiary/aromatic N) is 1. The number of quaternary nitrogens is 1. The Kier molecular flexibility index (Phi) is 6.16. The topological polar surface area (TPSA) is 118 Å². The summed E-state index contributed by atoms with van der Waals surface area (Å²) in [6.07, 6.45) is -3.08. The third kappa shape index (κ3) is 4.05. The molecule has 0 fully saturated rings. The van der Waals surface area contributed by atoms with E-state index in [1.807, 2.05) is 0 Å². The van der Waals surface area contributed by atoms with E-state index >= 15 is 0 Å². The van der Waals surface area contributed by atoms with Gasteiger partial charge in [0.1, 0.15) is 12.2 Å². The minimum Gasteiger partial charge on any atom is -0.372 e. The number of rotatable bonds is 8. The predicted molar refractivity (Wildman–Crippen MR) is 108 cm³/mol. The number of carbonyl (C=O) groups is 1. The van der Waals surface area contributed by atoms with Crippen molar-refractivity contribution in [3.63, 3.8) is 0 Å². The Morgan fingerprint density at radius 2 is 2.00 bits per heavy atom. The number of aliphatic hydroxyl groups is 1. The highest BCUT2D eigenvalue weighted by molar-refractivity contribution is 5.88. The number of hydrogen-bond donors (Lipinski definition) is 4. The first-order valence-corrected chi connectivity index (χ1v) is 9.26. The number of fused-ring (bicyclic) bond motifs is 1. The number of para-hydroxylation sites is 1. The lowest BCUT2D eigenvalue weighted by Crippen LogP contribution is -2.79. The molecule has 1 aromatic heterocycles. The number of nitrogens with one attached hydrogen (secondary N) is 1. The normalized spacial score (nSPS) is 13.8. The van der Waals surface area contributed by atoms with Crippen LogP contribution >= 0.6 is 0 Å². The van der Waals surface area contributed by atoms with Crippen molar-refractivity contribution in [1.82, 2.24) is 4.57 Å². The van der Waals surface area contributed by atoms with Crippen LogP contribution in [0, 0.1) is 5.41 Å². The lowest BCUT2D eigenvalue weighted by Gasteiger charge is -2.31. The van der Waals surface area contributed by atoms with Crippen LogP contribution in [-0.4, -0.2) is 41.8 Å². The van der Waals surface area contributed by atoms with Gasteiger partial charge >= 0.3 is 6.18 Å². The fourth-order valence-corrected chi connectivity index (χ4v) is 3.59. The van der Waals surface area contributed by atoms with Crippen molar-refractivity contribution >= 4 is 28.7 Å². The maximum Gasteiger partial charge on any atom is 0.425 e. The van der Waals surface area contributed by atoms with E-state index < -0.39 is 28.8 Å². The van der Waals surface area contributed by atoms with Gasteiger partial charge in [-0.05, 0) is 23.8 Å². The fourth-order valence-electron chi connectivity index (χ4n) is 3.59. The summed E-state index contributed by atoms with van der Waals surface area (Å²) in [6.45, 7) is -0.130. The van der Waals surface area contributed by atoms with Gasteiger partial charge in [-0.25, -0.2) is 0 Å². The van der Waals surface area contributed by atoms with Gasteiger partial charge in [0.2, 0.25) is 11.5 Å². The van der Waals surface area contributed by atoms with E-state index in [1.165, 1.54) is 29.9 Å². The molecule has 1 heterocycles. The Hall–Kier alpha value is -3.21. The molecule has 0 aliphatic rings. The molecular weight excluding hydrogens is 413 g/mol. The number of methoxy groups -OCH3 is 1. The molecule has 0 radical (unpaired) electrons. The van der Waals surface area contributed by atoms with Gasteiger partial charge in [-0.1, -0.05) is 18.2 Å². The number of carbonyl (C=O) groups excluding carboxylic acids is 1. The van der Waals surface area contributed by atoms with Gasteiger partial charge in [0.15, 0.2) is 6.73 Å². The van der Waals surface area contributed by atoms with Crippen molar-refractivity contribution in [3.05, 3.63) is 65.4 Å². The van der Waals surface area contributed by atoms with Crippen LogP contribution in [-0.2, 0) is 21.7 Å². The fraction of sp³-hybridized carbons (Fsp3) is 0.238. The Labute approximate surface area is 175 Å². The van der Waals surface area contributed by atoms with Crippen LogP contribution in [0.1, 0.15) is 16.7 Å². The van der Waals surface area contributed by atoms with Crippen LogP contribution in [0.3, 0.4) is 0 Å². The number of primary amides is 1. The standard InChI is InChI=1S/C21H21F3N4O3/c1-31-12-27-17-7-6-14(8-13(17)9-25)20(30,21(22,23)24)16-10-28(11-19(26)29)18-5-3-2-4-15(16)18/h2-10,25,27,30H,11-12H2,1H3,(H2,26,29)/p+1. The highest BCUT2D eigenvalue weighted by Gasteiger charge is 2.57. The van der Waals surface area contributed by atoms with Crippen LogP contribution in [0.15, 0.2) is 48.7 Å². The van der Waals surface area contributed by atoms with Crippen LogP contribution < -0.4 is 11.1 Å². The number of aromatic nitrogens is 1. The van der Waals surface area contributed by atoms with Crippen molar-refractivity contribution in [2.24, 2.45) is 5.73 Å². The van der Waals surface area contributed by atoms with Gasteiger partial charge in [-0.15, -0.1) is 0 Å². The number of alkyl halides is 3. The van der Waals surface area contributed by atoms with Crippen LogP contribution in [0.4, 0.5) is 18.9 Å². The predicted octanol–water partition coefficient (Wildman–Crippen LogP) is 1.72. The monoisotopic (exact) mass is 435 g/mol. The Morgan fingerprint density at radius 1 is 1.29 bits per heavy atom. The van der Waals surface area contributed by atoms with Gasteiger partial charge in [0.05, 0.1) is 5.56 Å². The average Bonchev–Trinajstić information content (AvgIpc) is 3.09. The third-order valence-corrected chi connectivity index (χ3v) is 5.04. The van der Waals surface area contributed by atoms with E-state index in [2.05, 4.69) is 0 Å². The minimum absolute atomic E-state index is 0.134. The molecule has 3 aromatic rings. The number of hydrogen-bond acceptors (Lipinski definition) is 4. The maximum atomic E-state index is 14.4. The summed E-state index contributed by atoms with van der Waals surface area (Å²) < 4.78 is 49.4. The molecule has 1 unspecified atom stereocenters. The number of benzene rings is 2. The van der Waals surface area contributed by atoms with E-state index in [4.69, 9.17) is 15.9 Å². The first-order chi connectivity index (χ1) is 14.6. The second-order valence-electron chi connectivity index (χ2n) is 7.01. The molecule has 0 saturated heterocycles. The summed E-state index contributed by atoms with van der Waals surface area (Å²) in [5.41, 5.74) is 2.01. The summed E-state index contributed by atoms with van der Waals surface area (Å²) in [5, 5.41) is 20.5. The molecule has 3 rings (SSSR count). The maximum absolute atomic E-state index is 14.4. The van der Waals surface area contributed by atoms with E-state index in [-0.39, 0.29) is 24.2 Å². The van der Waals surface area contributed by atoms with E-state index in [1.54, 1.807) is 23.5 Å². The number of amides is 1. The molecule has 2 aromatic carbocycles.